The summed E-state index contributed by atoms with van der Waals surface area (Å²) in [5.41, 5.74) is 10.6. The molecule has 0 fully saturated rings. The molecule has 0 saturated heterocycles. The van der Waals surface area contributed by atoms with Gasteiger partial charge in [-0.3, -0.25) is 5.41 Å². The van der Waals surface area contributed by atoms with Gasteiger partial charge in [0, 0.05) is 12.1 Å². The van der Waals surface area contributed by atoms with Crippen LogP contribution in [-0.2, 0) is 35.2 Å². The van der Waals surface area contributed by atoms with Gasteiger partial charge in [-0.15, -0.1) is 0 Å². The summed E-state index contributed by atoms with van der Waals surface area (Å²) in [6.07, 6.45) is 2.67. The normalized spacial score (nSPS) is 15.1. The number of rotatable bonds is 10. The van der Waals surface area contributed by atoms with Crippen molar-refractivity contribution < 1.29 is 17.9 Å². The third kappa shape index (κ3) is 6.77. The zero-order valence-electron chi connectivity index (χ0n) is 21.9. The molecule has 0 heterocycles. The predicted molar refractivity (Wildman–Crippen MR) is 155 cm³/mol. The Morgan fingerprint density at radius 2 is 1.77 bits per heavy atom. The van der Waals surface area contributed by atoms with Gasteiger partial charge in [-0.25, -0.2) is 13.1 Å². The lowest BCUT2D eigenvalue weighted by Crippen LogP contribution is -2.32. The molecule has 0 bridgehead atoms. The van der Waals surface area contributed by atoms with Gasteiger partial charge >= 0.3 is 0 Å². The summed E-state index contributed by atoms with van der Waals surface area (Å²) in [5, 5.41) is 9.73. The van der Waals surface area contributed by atoms with Crippen LogP contribution in [0.5, 0.6) is 11.5 Å². The van der Waals surface area contributed by atoms with Gasteiger partial charge in [0.05, 0.1) is 12.9 Å². The summed E-state index contributed by atoms with van der Waals surface area (Å²) in [6.45, 7) is 0.857. The number of nitrogens with two attached hydrogens (primary N) is 1. The van der Waals surface area contributed by atoms with Crippen LogP contribution in [0.3, 0.4) is 0 Å². The second-order valence-electron chi connectivity index (χ2n) is 10.1. The summed E-state index contributed by atoms with van der Waals surface area (Å²) in [5.74, 6) is 1.67. The Morgan fingerprint density at radius 1 is 0.949 bits per heavy atom. The van der Waals surface area contributed by atoms with Crippen LogP contribution in [0, 0.1) is 11.3 Å². The highest BCUT2D eigenvalue weighted by molar-refractivity contribution is 7.88. The van der Waals surface area contributed by atoms with Gasteiger partial charge in [0.15, 0.2) is 0 Å². The summed E-state index contributed by atoms with van der Waals surface area (Å²) >= 11 is 0. The van der Waals surface area contributed by atoms with Crippen molar-refractivity contribution in [3.63, 3.8) is 0 Å². The molecule has 0 saturated carbocycles. The molecule has 202 valence electrons. The number of hydrogen-bond donors (Lipinski definition) is 3. The fraction of sp³-hybridized carbons (Fsp3) is 0.258. The number of methoxy groups -OCH3 is 1. The van der Waals surface area contributed by atoms with E-state index < -0.39 is 10.0 Å². The molecular weight excluding hydrogens is 510 g/mol. The lowest BCUT2D eigenvalue weighted by Gasteiger charge is -2.25. The highest BCUT2D eigenvalue weighted by Gasteiger charge is 2.22. The van der Waals surface area contributed by atoms with Crippen molar-refractivity contribution in [2.45, 2.75) is 31.6 Å². The molecule has 4 N–H and O–H groups in total. The van der Waals surface area contributed by atoms with Gasteiger partial charge < -0.3 is 15.2 Å². The van der Waals surface area contributed by atoms with Crippen molar-refractivity contribution >= 4 is 26.6 Å². The number of hydrogen-bond acceptors (Lipinski definition) is 5. The van der Waals surface area contributed by atoms with Crippen molar-refractivity contribution in [1.29, 1.82) is 5.41 Å². The minimum atomic E-state index is -3.45. The number of fused-ring (bicyclic) bond motifs is 2. The van der Waals surface area contributed by atoms with Gasteiger partial charge in [-0.05, 0) is 94.6 Å². The zero-order chi connectivity index (χ0) is 27.4. The van der Waals surface area contributed by atoms with Crippen LogP contribution in [0.2, 0.25) is 0 Å². The summed E-state index contributed by atoms with van der Waals surface area (Å²) in [4.78, 5) is 0. The third-order valence-electron chi connectivity index (χ3n) is 7.21. The molecule has 1 atom stereocenters. The molecule has 39 heavy (non-hydrogen) atoms. The number of aryl methyl sites for hydroxylation is 1. The first-order valence-corrected chi connectivity index (χ1v) is 14.7. The first kappa shape index (κ1) is 26.7. The van der Waals surface area contributed by atoms with Gasteiger partial charge in [0.1, 0.15) is 23.9 Å². The second-order valence-corrected chi connectivity index (χ2v) is 11.9. The van der Waals surface area contributed by atoms with Gasteiger partial charge in [-0.2, -0.15) is 0 Å². The third-order valence-corrected chi connectivity index (χ3v) is 8.53. The van der Waals surface area contributed by atoms with Crippen molar-refractivity contribution in [1.82, 2.24) is 4.72 Å². The molecular formula is C31H33N3O4S. The number of sulfonamides is 1. The summed E-state index contributed by atoms with van der Waals surface area (Å²) < 4.78 is 39.5. The van der Waals surface area contributed by atoms with Crippen LogP contribution in [0.4, 0.5) is 0 Å². The van der Waals surface area contributed by atoms with Crippen LogP contribution < -0.4 is 19.9 Å². The molecule has 0 radical (unpaired) electrons. The first-order chi connectivity index (χ1) is 18.8. The van der Waals surface area contributed by atoms with E-state index in [0.717, 1.165) is 41.3 Å². The summed E-state index contributed by atoms with van der Waals surface area (Å²) in [6, 6.07) is 25.2. The SMILES string of the molecule is COc1cccc(CS(=O)(=O)NCC2CCc3ccc(OCc4ccc5cc(C(=N)N)ccc5c4)cc3C2)c1. The monoisotopic (exact) mass is 543 g/mol. The fourth-order valence-electron chi connectivity index (χ4n) is 5.07. The standard InChI is InChI=1S/C31H33N3O4S/c1-37-29-4-2-3-23(15-29)20-39(35,36)34-18-21-5-7-24-11-12-30(17-28(24)13-21)38-19-22-6-8-26-16-27(31(32)33)10-9-25(26)14-22/h2-4,6,8-12,14-17,21,34H,5,7,13,18-20H2,1H3,(H3,32,33). The van der Waals surface area contributed by atoms with E-state index in [-0.39, 0.29) is 17.5 Å². The van der Waals surface area contributed by atoms with E-state index in [2.05, 4.69) is 22.9 Å². The molecule has 4 aromatic carbocycles. The highest BCUT2D eigenvalue weighted by Crippen LogP contribution is 2.29. The molecule has 7 nitrogen and oxygen atoms in total. The Kier molecular flexibility index (Phi) is 7.86. The lowest BCUT2D eigenvalue weighted by molar-refractivity contribution is 0.305. The van der Waals surface area contributed by atoms with Gasteiger partial charge in [0.25, 0.3) is 0 Å². The molecule has 0 amide bonds. The number of benzene rings is 4. The van der Waals surface area contributed by atoms with Crippen LogP contribution >= 0.6 is 0 Å². The van der Waals surface area contributed by atoms with Crippen LogP contribution in [0.1, 0.15) is 34.2 Å². The first-order valence-electron chi connectivity index (χ1n) is 13.0. The average Bonchev–Trinajstić information content (AvgIpc) is 2.94. The smallest absolute Gasteiger partial charge is 0.215 e. The molecule has 1 aliphatic rings. The highest BCUT2D eigenvalue weighted by atomic mass is 32.2. The van der Waals surface area contributed by atoms with Gasteiger partial charge in [-0.1, -0.05) is 42.5 Å². The predicted octanol–water partition coefficient (Wildman–Crippen LogP) is 4.94. The average molecular weight is 544 g/mol. The Hall–Kier alpha value is -3.88. The molecule has 4 aromatic rings. The van der Waals surface area contributed by atoms with E-state index in [0.29, 0.717) is 30.0 Å². The Labute approximate surface area is 229 Å². The number of amidine groups is 1. The maximum Gasteiger partial charge on any atom is 0.215 e. The second kappa shape index (κ2) is 11.5. The molecule has 8 heteroatoms. The van der Waals surface area contributed by atoms with E-state index in [1.165, 1.54) is 11.1 Å². The van der Waals surface area contributed by atoms with Crippen LogP contribution in [0.15, 0.2) is 78.9 Å². The maximum atomic E-state index is 12.7. The van der Waals surface area contributed by atoms with E-state index in [4.69, 9.17) is 20.6 Å². The fourth-order valence-corrected chi connectivity index (χ4v) is 6.28. The van der Waals surface area contributed by atoms with Crippen LogP contribution in [0.25, 0.3) is 10.8 Å². The minimum absolute atomic E-state index is 0.0598. The molecule has 1 unspecified atom stereocenters. The van der Waals surface area contributed by atoms with E-state index in [9.17, 15) is 8.42 Å². The van der Waals surface area contributed by atoms with Crippen molar-refractivity contribution in [2.75, 3.05) is 13.7 Å². The van der Waals surface area contributed by atoms with E-state index in [1.807, 2.05) is 36.4 Å². The summed E-state index contributed by atoms with van der Waals surface area (Å²) in [7, 11) is -1.88. The Morgan fingerprint density at radius 3 is 2.59 bits per heavy atom. The largest absolute Gasteiger partial charge is 0.497 e. The quantitative estimate of drug-likeness (QED) is 0.194. The zero-order valence-corrected chi connectivity index (χ0v) is 22.8. The molecule has 0 spiro atoms. The van der Waals surface area contributed by atoms with Crippen molar-refractivity contribution in [2.24, 2.45) is 11.7 Å². The molecule has 0 aliphatic heterocycles. The van der Waals surface area contributed by atoms with E-state index >= 15 is 0 Å². The molecule has 1 aliphatic carbocycles. The molecule has 5 rings (SSSR count). The van der Waals surface area contributed by atoms with E-state index in [1.54, 1.807) is 31.4 Å². The number of nitrogen functional groups attached to an aromatic ring is 1. The number of nitrogens with one attached hydrogen (secondary N) is 2. The molecule has 0 aromatic heterocycles. The number of ether oxygens (including phenoxy) is 2. The lowest BCUT2D eigenvalue weighted by atomic mass is 9.84. The Bertz CT molecular complexity index is 1620. The van der Waals surface area contributed by atoms with Crippen LogP contribution in [-0.4, -0.2) is 27.9 Å². The van der Waals surface area contributed by atoms with Crippen molar-refractivity contribution in [3.05, 3.63) is 107 Å². The topological polar surface area (TPSA) is 115 Å². The van der Waals surface area contributed by atoms with Crippen molar-refractivity contribution in [3.8, 4) is 11.5 Å². The Balaban J connectivity index is 1.18. The minimum Gasteiger partial charge on any atom is -0.497 e. The maximum absolute atomic E-state index is 12.7. The van der Waals surface area contributed by atoms with Gasteiger partial charge in [0.2, 0.25) is 10.0 Å².